The van der Waals surface area contributed by atoms with Gasteiger partial charge in [-0.1, -0.05) is 30.3 Å². The lowest BCUT2D eigenvalue weighted by molar-refractivity contribution is -0.119. The molecule has 2 aromatic carbocycles. The molecule has 0 spiro atoms. The zero-order valence-corrected chi connectivity index (χ0v) is 16.2. The van der Waals surface area contributed by atoms with Crippen molar-refractivity contribution in [3.05, 3.63) is 59.7 Å². The predicted octanol–water partition coefficient (Wildman–Crippen LogP) is 2.80. The van der Waals surface area contributed by atoms with E-state index < -0.39 is 10.0 Å². The Morgan fingerprint density at radius 2 is 1.88 bits per heavy atom. The van der Waals surface area contributed by atoms with E-state index in [2.05, 4.69) is 5.32 Å². The number of benzene rings is 2. The molecule has 2 rings (SSSR count). The molecule has 0 atom stereocenters. The van der Waals surface area contributed by atoms with Crippen LogP contribution in [0, 0.1) is 6.92 Å². The SMILES string of the molecule is CSc1cccc(N(CC(=O)NCc2ccccc2C)S(C)(=O)=O)c1. The number of rotatable bonds is 7. The third-order valence-electron chi connectivity index (χ3n) is 3.77. The first-order chi connectivity index (χ1) is 11.8. The molecule has 0 saturated carbocycles. The van der Waals surface area contributed by atoms with Crippen molar-refractivity contribution in [2.45, 2.75) is 18.4 Å². The van der Waals surface area contributed by atoms with Gasteiger partial charge in [0.15, 0.2) is 0 Å². The fourth-order valence-corrected chi connectivity index (χ4v) is 3.66. The van der Waals surface area contributed by atoms with E-state index in [-0.39, 0.29) is 12.5 Å². The molecule has 0 unspecified atom stereocenters. The number of hydrogen-bond donors (Lipinski definition) is 1. The fourth-order valence-electron chi connectivity index (χ4n) is 2.35. The van der Waals surface area contributed by atoms with Crippen molar-refractivity contribution in [2.75, 3.05) is 23.4 Å². The first kappa shape index (κ1) is 19.3. The molecule has 0 aliphatic carbocycles. The van der Waals surface area contributed by atoms with Crippen molar-refractivity contribution in [1.82, 2.24) is 5.32 Å². The van der Waals surface area contributed by atoms with Gasteiger partial charge in [0, 0.05) is 11.4 Å². The third kappa shape index (κ3) is 5.51. The van der Waals surface area contributed by atoms with Crippen molar-refractivity contribution >= 4 is 33.4 Å². The summed E-state index contributed by atoms with van der Waals surface area (Å²) in [5.41, 5.74) is 2.57. The first-order valence-electron chi connectivity index (χ1n) is 7.74. The molecule has 25 heavy (non-hydrogen) atoms. The highest BCUT2D eigenvalue weighted by Crippen LogP contribution is 2.23. The van der Waals surface area contributed by atoms with Crippen LogP contribution in [0.3, 0.4) is 0 Å². The Bertz CT molecular complexity index is 851. The molecule has 0 aliphatic heterocycles. The van der Waals surface area contributed by atoms with E-state index in [0.717, 1.165) is 26.6 Å². The fraction of sp³-hybridized carbons (Fsp3) is 0.278. The molecule has 0 radical (unpaired) electrons. The number of aryl methyl sites for hydroxylation is 1. The minimum absolute atomic E-state index is 0.247. The van der Waals surface area contributed by atoms with Gasteiger partial charge in [0.1, 0.15) is 6.54 Å². The molecule has 0 fully saturated rings. The number of thioether (sulfide) groups is 1. The molecule has 7 heteroatoms. The van der Waals surface area contributed by atoms with Crippen LogP contribution in [-0.4, -0.2) is 33.4 Å². The maximum absolute atomic E-state index is 12.3. The van der Waals surface area contributed by atoms with E-state index in [1.54, 1.807) is 18.2 Å². The summed E-state index contributed by atoms with van der Waals surface area (Å²) in [4.78, 5) is 13.2. The van der Waals surface area contributed by atoms with E-state index in [1.807, 2.05) is 43.5 Å². The number of carbonyl (C=O) groups excluding carboxylic acids is 1. The molecule has 1 amide bonds. The summed E-state index contributed by atoms with van der Waals surface area (Å²) in [6, 6.07) is 14.9. The monoisotopic (exact) mass is 378 g/mol. The Kier molecular flexibility index (Phi) is 6.50. The second-order valence-electron chi connectivity index (χ2n) is 5.67. The molecule has 2 aromatic rings. The maximum atomic E-state index is 12.3. The molecule has 0 aliphatic rings. The van der Waals surface area contributed by atoms with Gasteiger partial charge in [-0.25, -0.2) is 8.42 Å². The summed E-state index contributed by atoms with van der Waals surface area (Å²) in [6.45, 7) is 2.09. The van der Waals surface area contributed by atoms with Gasteiger partial charge in [-0.3, -0.25) is 9.10 Å². The van der Waals surface area contributed by atoms with Gasteiger partial charge < -0.3 is 5.32 Å². The lowest BCUT2D eigenvalue weighted by Crippen LogP contribution is -2.40. The van der Waals surface area contributed by atoms with Crippen LogP contribution in [0.25, 0.3) is 0 Å². The van der Waals surface area contributed by atoms with E-state index in [9.17, 15) is 13.2 Å². The second kappa shape index (κ2) is 8.40. The zero-order chi connectivity index (χ0) is 18.4. The van der Waals surface area contributed by atoms with Crippen molar-refractivity contribution in [2.24, 2.45) is 0 Å². The number of carbonyl (C=O) groups is 1. The Balaban J connectivity index is 2.12. The Morgan fingerprint density at radius 1 is 1.16 bits per heavy atom. The number of sulfonamides is 1. The Labute approximate surface area is 153 Å². The van der Waals surface area contributed by atoms with Crippen molar-refractivity contribution in [3.63, 3.8) is 0 Å². The van der Waals surface area contributed by atoms with Gasteiger partial charge in [0.25, 0.3) is 0 Å². The molecule has 134 valence electrons. The summed E-state index contributed by atoms with van der Waals surface area (Å²) in [6.07, 6.45) is 3.02. The predicted molar refractivity (Wildman–Crippen MR) is 103 cm³/mol. The topological polar surface area (TPSA) is 66.5 Å². The quantitative estimate of drug-likeness (QED) is 0.753. The molecule has 0 saturated heterocycles. The van der Waals surface area contributed by atoms with Crippen LogP contribution in [0.1, 0.15) is 11.1 Å². The van der Waals surface area contributed by atoms with Gasteiger partial charge in [-0.2, -0.15) is 0 Å². The summed E-state index contributed by atoms with van der Waals surface area (Å²) >= 11 is 1.52. The number of hydrogen-bond acceptors (Lipinski definition) is 4. The minimum atomic E-state index is -3.57. The molecule has 5 nitrogen and oxygen atoms in total. The molecule has 0 aromatic heterocycles. The highest BCUT2D eigenvalue weighted by Gasteiger charge is 2.21. The van der Waals surface area contributed by atoms with Crippen LogP contribution in [0.2, 0.25) is 0 Å². The zero-order valence-electron chi connectivity index (χ0n) is 14.5. The Hall–Kier alpha value is -1.99. The summed E-state index contributed by atoms with van der Waals surface area (Å²) < 4.78 is 25.4. The summed E-state index contributed by atoms with van der Waals surface area (Å²) in [5, 5.41) is 2.79. The second-order valence-corrected chi connectivity index (χ2v) is 8.46. The van der Waals surface area contributed by atoms with Crippen LogP contribution < -0.4 is 9.62 Å². The average Bonchev–Trinajstić information content (AvgIpc) is 2.58. The van der Waals surface area contributed by atoms with Gasteiger partial charge in [-0.05, 0) is 42.5 Å². The maximum Gasteiger partial charge on any atom is 0.241 e. The van der Waals surface area contributed by atoms with Crippen molar-refractivity contribution < 1.29 is 13.2 Å². The van der Waals surface area contributed by atoms with E-state index >= 15 is 0 Å². The average molecular weight is 379 g/mol. The number of amides is 1. The minimum Gasteiger partial charge on any atom is -0.350 e. The lowest BCUT2D eigenvalue weighted by Gasteiger charge is -2.22. The van der Waals surface area contributed by atoms with Crippen molar-refractivity contribution in [1.29, 1.82) is 0 Å². The van der Waals surface area contributed by atoms with Gasteiger partial charge in [-0.15, -0.1) is 11.8 Å². The molecular weight excluding hydrogens is 356 g/mol. The van der Waals surface area contributed by atoms with E-state index in [0.29, 0.717) is 12.2 Å². The number of nitrogens with zero attached hydrogens (tertiary/aromatic N) is 1. The van der Waals surface area contributed by atoms with Crippen molar-refractivity contribution in [3.8, 4) is 0 Å². The summed E-state index contributed by atoms with van der Waals surface area (Å²) in [7, 11) is -3.57. The first-order valence-corrected chi connectivity index (χ1v) is 10.8. The molecular formula is C18H22N2O3S2. The van der Waals surface area contributed by atoms with Crippen LogP contribution in [0.5, 0.6) is 0 Å². The van der Waals surface area contributed by atoms with Gasteiger partial charge >= 0.3 is 0 Å². The third-order valence-corrected chi connectivity index (χ3v) is 5.63. The van der Waals surface area contributed by atoms with Crippen LogP contribution in [-0.2, 0) is 21.4 Å². The Morgan fingerprint density at radius 3 is 2.52 bits per heavy atom. The van der Waals surface area contributed by atoms with Gasteiger partial charge in [0.05, 0.1) is 11.9 Å². The van der Waals surface area contributed by atoms with E-state index in [4.69, 9.17) is 0 Å². The lowest BCUT2D eigenvalue weighted by atomic mass is 10.1. The molecule has 0 heterocycles. The van der Waals surface area contributed by atoms with E-state index in [1.165, 1.54) is 11.8 Å². The van der Waals surface area contributed by atoms with Gasteiger partial charge in [0.2, 0.25) is 15.9 Å². The standard InChI is InChI=1S/C18H22N2O3S2/c1-14-7-4-5-8-15(14)12-19-18(21)13-20(25(3,22)23)16-9-6-10-17(11-16)24-2/h4-11H,12-13H2,1-3H3,(H,19,21). The smallest absolute Gasteiger partial charge is 0.241 e. The molecule has 0 bridgehead atoms. The number of nitrogens with one attached hydrogen (secondary N) is 1. The van der Waals surface area contributed by atoms with Crippen LogP contribution >= 0.6 is 11.8 Å². The normalized spacial score (nSPS) is 11.2. The highest BCUT2D eigenvalue weighted by molar-refractivity contribution is 7.98. The molecule has 1 N–H and O–H groups in total. The van der Waals surface area contributed by atoms with Crippen LogP contribution in [0.4, 0.5) is 5.69 Å². The largest absolute Gasteiger partial charge is 0.350 e. The highest BCUT2D eigenvalue weighted by atomic mass is 32.2. The van der Waals surface area contributed by atoms with Crippen LogP contribution in [0.15, 0.2) is 53.4 Å². The summed E-state index contributed by atoms with van der Waals surface area (Å²) in [5.74, 6) is -0.344. The number of anilines is 1.